The summed E-state index contributed by atoms with van der Waals surface area (Å²) in [5.41, 5.74) is 2.58. The van der Waals surface area contributed by atoms with Crippen LogP contribution >= 0.6 is 0 Å². The summed E-state index contributed by atoms with van der Waals surface area (Å²) in [6.45, 7) is 4.40. The van der Waals surface area contributed by atoms with Gasteiger partial charge in [-0.15, -0.1) is 0 Å². The number of benzene rings is 2. The highest BCUT2D eigenvalue weighted by Crippen LogP contribution is 2.23. The average molecular weight is 427 g/mol. The first-order valence-electron chi connectivity index (χ1n) is 10.0. The minimum absolute atomic E-state index is 0.0325. The van der Waals surface area contributed by atoms with Crippen molar-refractivity contribution < 1.29 is 17.9 Å². The Balaban J connectivity index is 1.62. The van der Waals surface area contributed by atoms with Crippen LogP contribution in [-0.2, 0) is 14.6 Å². The summed E-state index contributed by atoms with van der Waals surface area (Å²) in [6.07, 6.45) is 0.486. The van der Waals surface area contributed by atoms with E-state index in [0.717, 1.165) is 11.1 Å². The summed E-state index contributed by atoms with van der Waals surface area (Å²) in [7, 11) is -3.07. The monoisotopic (exact) mass is 426 g/mol. The van der Waals surface area contributed by atoms with Gasteiger partial charge in [-0.25, -0.2) is 8.42 Å². The summed E-state index contributed by atoms with van der Waals surface area (Å²) >= 11 is 0. The standard InChI is InChI=1S/C23H26N2O4S/c1-17(2)14-25(21-11-12-30(27,28)16-21)23(26)15-29-22-9-7-20(8-10-22)19-5-3-18(13-24)4-6-19/h3-10,17,21H,11-12,14-16H2,1-2H3/t21-/m1/s1. The molecule has 1 atom stereocenters. The molecule has 1 saturated heterocycles. The van der Waals surface area contributed by atoms with Crippen molar-refractivity contribution in [2.24, 2.45) is 5.92 Å². The van der Waals surface area contributed by atoms with Crippen LogP contribution in [0.2, 0.25) is 0 Å². The van der Waals surface area contributed by atoms with Gasteiger partial charge >= 0.3 is 0 Å². The minimum Gasteiger partial charge on any atom is -0.484 e. The van der Waals surface area contributed by atoms with E-state index in [-0.39, 0.29) is 36.0 Å². The van der Waals surface area contributed by atoms with E-state index in [9.17, 15) is 13.2 Å². The number of sulfone groups is 1. The quantitative estimate of drug-likeness (QED) is 0.678. The van der Waals surface area contributed by atoms with Gasteiger partial charge in [0.15, 0.2) is 16.4 Å². The second-order valence-corrected chi connectivity index (χ2v) is 10.2. The topological polar surface area (TPSA) is 87.5 Å². The highest BCUT2D eigenvalue weighted by atomic mass is 32.2. The molecule has 1 heterocycles. The number of amides is 1. The molecule has 0 radical (unpaired) electrons. The van der Waals surface area contributed by atoms with E-state index in [4.69, 9.17) is 10.00 Å². The van der Waals surface area contributed by atoms with Crippen LogP contribution in [0.5, 0.6) is 5.75 Å². The Bertz CT molecular complexity index is 1020. The zero-order valence-electron chi connectivity index (χ0n) is 17.2. The van der Waals surface area contributed by atoms with E-state index in [0.29, 0.717) is 24.3 Å². The maximum Gasteiger partial charge on any atom is 0.260 e. The van der Waals surface area contributed by atoms with Crippen molar-refractivity contribution >= 4 is 15.7 Å². The van der Waals surface area contributed by atoms with E-state index in [1.54, 1.807) is 29.2 Å². The lowest BCUT2D eigenvalue weighted by atomic mass is 10.0. The molecule has 0 unspecified atom stereocenters. The molecule has 0 bridgehead atoms. The Hall–Kier alpha value is -2.85. The third-order valence-corrected chi connectivity index (χ3v) is 6.85. The van der Waals surface area contributed by atoms with Crippen LogP contribution in [-0.4, -0.2) is 49.9 Å². The smallest absolute Gasteiger partial charge is 0.260 e. The predicted molar refractivity (Wildman–Crippen MR) is 116 cm³/mol. The lowest BCUT2D eigenvalue weighted by Gasteiger charge is -2.29. The van der Waals surface area contributed by atoms with Gasteiger partial charge in [0.2, 0.25) is 0 Å². The molecule has 0 N–H and O–H groups in total. The Labute approximate surface area is 178 Å². The van der Waals surface area contributed by atoms with Crippen molar-refractivity contribution in [3.05, 3.63) is 54.1 Å². The molecule has 2 aromatic rings. The van der Waals surface area contributed by atoms with Gasteiger partial charge in [0, 0.05) is 12.6 Å². The second kappa shape index (κ2) is 9.31. The number of rotatable bonds is 7. The second-order valence-electron chi connectivity index (χ2n) is 8.00. The molecule has 0 saturated carbocycles. The summed E-state index contributed by atoms with van der Waals surface area (Å²) in [5.74, 6) is 0.789. The normalized spacial score (nSPS) is 17.5. The van der Waals surface area contributed by atoms with E-state index < -0.39 is 9.84 Å². The molecule has 0 aliphatic carbocycles. The summed E-state index contributed by atoms with van der Waals surface area (Å²) in [4.78, 5) is 14.4. The van der Waals surface area contributed by atoms with Crippen LogP contribution in [0.25, 0.3) is 11.1 Å². The summed E-state index contributed by atoms with van der Waals surface area (Å²) in [6, 6.07) is 16.5. The molecular formula is C23H26N2O4S. The van der Waals surface area contributed by atoms with Gasteiger partial charge < -0.3 is 9.64 Å². The number of hydrogen-bond acceptors (Lipinski definition) is 5. The number of nitrogens with zero attached hydrogens (tertiary/aromatic N) is 2. The largest absolute Gasteiger partial charge is 0.484 e. The fraction of sp³-hybridized carbons (Fsp3) is 0.391. The molecule has 30 heavy (non-hydrogen) atoms. The van der Waals surface area contributed by atoms with Gasteiger partial charge in [0.05, 0.1) is 23.1 Å². The molecule has 0 aromatic heterocycles. The molecular weight excluding hydrogens is 400 g/mol. The van der Waals surface area contributed by atoms with Crippen LogP contribution in [0, 0.1) is 17.2 Å². The highest BCUT2D eigenvalue weighted by Gasteiger charge is 2.34. The molecule has 7 heteroatoms. The molecule has 0 spiro atoms. The average Bonchev–Trinajstić information content (AvgIpc) is 3.10. The van der Waals surface area contributed by atoms with Gasteiger partial charge in [-0.3, -0.25) is 4.79 Å². The van der Waals surface area contributed by atoms with E-state index in [1.807, 2.05) is 38.1 Å². The molecule has 3 rings (SSSR count). The maximum atomic E-state index is 12.8. The first-order chi connectivity index (χ1) is 14.3. The van der Waals surface area contributed by atoms with Gasteiger partial charge in [0.25, 0.3) is 5.91 Å². The Morgan fingerprint density at radius 3 is 2.23 bits per heavy atom. The molecule has 6 nitrogen and oxygen atoms in total. The number of ether oxygens (including phenoxy) is 1. The zero-order chi connectivity index (χ0) is 21.7. The van der Waals surface area contributed by atoms with Crippen molar-refractivity contribution in [2.45, 2.75) is 26.3 Å². The first-order valence-corrected chi connectivity index (χ1v) is 11.8. The van der Waals surface area contributed by atoms with E-state index in [1.165, 1.54) is 0 Å². The fourth-order valence-electron chi connectivity index (χ4n) is 3.58. The Morgan fingerprint density at radius 2 is 1.73 bits per heavy atom. The van der Waals surface area contributed by atoms with Crippen LogP contribution in [0.15, 0.2) is 48.5 Å². The van der Waals surface area contributed by atoms with Crippen molar-refractivity contribution in [1.29, 1.82) is 5.26 Å². The molecule has 1 aliphatic rings. The fourth-order valence-corrected chi connectivity index (χ4v) is 5.31. The van der Waals surface area contributed by atoms with Crippen LogP contribution in [0.4, 0.5) is 0 Å². The van der Waals surface area contributed by atoms with Crippen molar-refractivity contribution in [1.82, 2.24) is 4.90 Å². The van der Waals surface area contributed by atoms with Crippen molar-refractivity contribution in [3.8, 4) is 22.9 Å². The molecule has 158 valence electrons. The van der Waals surface area contributed by atoms with Gasteiger partial charge in [-0.05, 0) is 47.7 Å². The summed E-state index contributed by atoms with van der Waals surface area (Å²) in [5, 5.41) is 8.89. The number of carbonyl (C=O) groups excluding carboxylic acids is 1. The van der Waals surface area contributed by atoms with Crippen LogP contribution < -0.4 is 4.74 Å². The lowest BCUT2D eigenvalue weighted by molar-refractivity contribution is -0.135. The summed E-state index contributed by atoms with van der Waals surface area (Å²) < 4.78 is 29.4. The van der Waals surface area contributed by atoms with Crippen LogP contribution in [0.3, 0.4) is 0 Å². The zero-order valence-corrected chi connectivity index (χ0v) is 18.1. The minimum atomic E-state index is -3.07. The van der Waals surface area contributed by atoms with Gasteiger partial charge in [0.1, 0.15) is 5.75 Å². The third kappa shape index (κ3) is 5.61. The van der Waals surface area contributed by atoms with E-state index >= 15 is 0 Å². The number of nitriles is 1. The van der Waals surface area contributed by atoms with E-state index in [2.05, 4.69) is 6.07 Å². The Kier molecular flexibility index (Phi) is 6.78. The Morgan fingerprint density at radius 1 is 1.13 bits per heavy atom. The molecule has 1 fully saturated rings. The number of carbonyl (C=O) groups is 1. The third-order valence-electron chi connectivity index (χ3n) is 5.10. The van der Waals surface area contributed by atoms with Crippen molar-refractivity contribution in [2.75, 3.05) is 24.7 Å². The maximum absolute atomic E-state index is 12.8. The molecule has 1 amide bonds. The van der Waals surface area contributed by atoms with Crippen LogP contribution in [0.1, 0.15) is 25.8 Å². The van der Waals surface area contributed by atoms with Gasteiger partial charge in [-0.2, -0.15) is 5.26 Å². The van der Waals surface area contributed by atoms with Gasteiger partial charge in [-0.1, -0.05) is 38.1 Å². The SMILES string of the molecule is CC(C)CN(C(=O)COc1ccc(-c2ccc(C#N)cc2)cc1)[C@@H]1CCS(=O)(=O)C1. The highest BCUT2D eigenvalue weighted by molar-refractivity contribution is 7.91. The molecule has 1 aliphatic heterocycles. The van der Waals surface area contributed by atoms with Crippen molar-refractivity contribution in [3.63, 3.8) is 0 Å². The lowest BCUT2D eigenvalue weighted by Crippen LogP contribution is -2.45. The number of hydrogen-bond donors (Lipinski definition) is 0. The molecule has 2 aromatic carbocycles. The predicted octanol–water partition coefficient (Wildman–Crippen LogP) is 3.28. The first kappa shape index (κ1) is 21.8.